The Morgan fingerprint density at radius 3 is 2.44 bits per heavy atom. The Morgan fingerprint density at radius 2 is 1.77 bits per heavy atom. The van der Waals surface area contributed by atoms with Gasteiger partial charge in [0.25, 0.3) is 11.8 Å². The quantitative estimate of drug-likeness (QED) is 0.188. The molecule has 254 valence electrons. The first-order valence-corrected chi connectivity index (χ1v) is 18.2. The van der Waals surface area contributed by atoms with Crippen molar-refractivity contribution in [2.24, 2.45) is 0 Å². The van der Waals surface area contributed by atoms with E-state index in [4.69, 9.17) is 9.84 Å². The highest BCUT2D eigenvalue weighted by Crippen LogP contribution is 2.29. The molecule has 11 heteroatoms. The molecule has 0 saturated heterocycles. The Bertz CT molecular complexity index is 1740. The molecule has 0 bridgehead atoms. The van der Waals surface area contributed by atoms with E-state index in [2.05, 4.69) is 18.8 Å². The van der Waals surface area contributed by atoms with Gasteiger partial charge < -0.3 is 24.6 Å². The van der Waals surface area contributed by atoms with Crippen LogP contribution in [0.4, 0.5) is 10.1 Å². The number of nitrogens with zero attached hydrogens (tertiary/aromatic N) is 4. The van der Waals surface area contributed by atoms with Gasteiger partial charge in [-0.3, -0.25) is 9.59 Å². The molecule has 5 rings (SSSR count). The predicted molar refractivity (Wildman–Crippen MR) is 190 cm³/mol. The van der Waals surface area contributed by atoms with Crippen molar-refractivity contribution in [2.75, 3.05) is 31.8 Å². The zero-order valence-corrected chi connectivity index (χ0v) is 29.8. The number of aliphatic hydroxyl groups is 1. The van der Waals surface area contributed by atoms with Gasteiger partial charge in [-0.25, -0.2) is 9.07 Å². The topological polar surface area (TPSA) is 99.9 Å². The van der Waals surface area contributed by atoms with Gasteiger partial charge in [-0.15, -0.1) is 0 Å². The van der Waals surface area contributed by atoms with Gasteiger partial charge in [0.05, 0.1) is 31.0 Å². The van der Waals surface area contributed by atoms with Crippen LogP contribution in [0.1, 0.15) is 77.2 Å². The summed E-state index contributed by atoms with van der Waals surface area (Å²) in [6.07, 6.45) is 4.36. The first kappa shape index (κ1) is 34.8. The van der Waals surface area contributed by atoms with Crippen LogP contribution in [0.3, 0.4) is 0 Å². The fourth-order valence-electron chi connectivity index (χ4n) is 6.17. The van der Waals surface area contributed by atoms with E-state index in [1.54, 1.807) is 27.8 Å². The average Bonchev–Trinajstić information content (AvgIpc) is 3.50. The van der Waals surface area contributed by atoms with Crippen molar-refractivity contribution in [1.82, 2.24) is 19.6 Å². The molecule has 1 aromatic heterocycles. The fourth-order valence-corrected chi connectivity index (χ4v) is 7.31. The summed E-state index contributed by atoms with van der Waals surface area (Å²) in [4.78, 5) is 35.3. The molecule has 0 fully saturated rings. The second-order valence-corrected chi connectivity index (χ2v) is 13.9. The van der Waals surface area contributed by atoms with E-state index < -0.39 is 21.5 Å². The van der Waals surface area contributed by atoms with E-state index in [0.717, 1.165) is 53.4 Å². The van der Waals surface area contributed by atoms with E-state index in [0.29, 0.717) is 43.0 Å². The number of aryl methyl sites for hydroxylation is 1. The van der Waals surface area contributed by atoms with Crippen LogP contribution in [0.25, 0.3) is 5.69 Å². The van der Waals surface area contributed by atoms with E-state index in [1.807, 2.05) is 54.3 Å². The number of anilines is 1. The third-order valence-corrected chi connectivity index (χ3v) is 10.4. The lowest BCUT2D eigenvalue weighted by atomic mass is 9.93. The third kappa shape index (κ3) is 7.79. The number of carbonyl (C=O) groups is 2. The Kier molecular flexibility index (Phi) is 11.7. The van der Waals surface area contributed by atoms with Crippen LogP contribution in [-0.4, -0.2) is 79.0 Å². The summed E-state index contributed by atoms with van der Waals surface area (Å²) in [6.45, 7) is 7.64. The zero-order valence-electron chi connectivity index (χ0n) is 28.3. The number of aromatic nitrogens is 2. The molecule has 0 radical (unpaired) electrons. The minimum atomic E-state index is -1.17. The first-order valence-electron chi connectivity index (χ1n) is 16.8. The number of hydrogen-bond donors (Lipinski definition) is 2. The molecular weight excluding hydrogens is 626 g/mol. The van der Waals surface area contributed by atoms with Gasteiger partial charge in [0.15, 0.2) is 26.9 Å². The third-order valence-electron chi connectivity index (χ3n) is 8.95. The molecule has 1 atom stereocenters. The van der Waals surface area contributed by atoms with Crippen LogP contribution in [0, 0.1) is 12.7 Å². The SMILES string of the molecule is CCCCN(CCCC)C(=O)c1cc(C)n(-c2ccc(N[SiH2]c3ccc(OC)c(F)c3)cc2C(=O)N2Cc3ccccc3CC2CO)n1. The number of aliphatic hydroxyl groups excluding tert-OH is 1. The lowest BCUT2D eigenvalue weighted by molar-refractivity contribution is 0.0544. The molecule has 0 saturated carbocycles. The Balaban J connectivity index is 1.51. The van der Waals surface area contributed by atoms with Crippen molar-refractivity contribution in [1.29, 1.82) is 0 Å². The van der Waals surface area contributed by atoms with Crippen LogP contribution >= 0.6 is 0 Å². The molecule has 48 heavy (non-hydrogen) atoms. The second kappa shape index (κ2) is 16.1. The maximum absolute atomic E-state index is 14.5. The van der Waals surface area contributed by atoms with Crippen LogP contribution < -0.4 is 14.9 Å². The van der Waals surface area contributed by atoms with Crippen molar-refractivity contribution in [3.8, 4) is 11.4 Å². The number of methoxy groups -OCH3 is 1. The van der Waals surface area contributed by atoms with Crippen LogP contribution in [-0.2, 0) is 13.0 Å². The van der Waals surface area contributed by atoms with Crippen molar-refractivity contribution in [3.63, 3.8) is 0 Å². The van der Waals surface area contributed by atoms with Gasteiger partial charge in [-0.05, 0) is 78.9 Å². The number of hydrogen-bond acceptors (Lipinski definition) is 6. The molecule has 0 spiro atoms. The van der Waals surface area contributed by atoms with E-state index in [-0.39, 0.29) is 24.2 Å². The number of amides is 2. The van der Waals surface area contributed by atoms with Crippen molar-refractivity contribution in [3.05, 3.63) is 101 Å². The number of carbonyl (C=O) groups excluding carboxylic acids is 2. The highest BCUT2D eigenvalue weighted by molar-refractivity contribution is 6.56. The van der Waals surface area contributed by atoms with Gasteiger partial charge in [-0.2, -0.15) is 5.10 Å². The van der Waals surface area contributed by atoms with E-state index in [1.165, 1.54) is 13.2 Å². The number of halogens is 1. The number of unbranched alkanes of at least 4 members (excludes halogenated alkanes) is 2. The second-order valence-electron chi connectivity index (χ2n) is 12.4. The molecule has 1 aliphatic heterocycles. The summed E-state index contributed by atoms with van der Waals surface area (Å²) >= 11 is 0. The summed E-state index contributed by atoms with van der Waals surface area (Å²) in [5.74, 6) is -0.582. The average molecular weight is 672 g/mol. The smallest absolute Gasteiger partial charge is 0.274 e. The minimum absolute atomic E-state index is 0.115. The molecule has 4 aromatic rings. The first-order chi connectivity index (χ1) is 23.3. The monoisotopic (exact) mass is 671 g/mol. The number of ether oxygens (including phenoxy) is 1. The molecule has 1 aliphatic rings. The van der Waals surface area contributed by atoms with Gasteiger partial charge in [0.2, 0.25) is 0 Å². The molecule has 3 aromatic carbocycles. The maximum Gasteiger partial charge on any atom is 0.274 e. The summed E-state index contributed by atoms with van der Waals surface area (Å²) in [7, 11) is 0.267. The van der Waals surface area contributed by atoms with Crippen molar-refractivity contribution < 1.29 is 23.8 Å². The van der Waals surface area contributed by atoms with Gasteiger partial charge >= 0.3 is 0 Å². The number of fused-ring (bicyclic) bond motifs is 1. The lowest BCUT2D eigenvalue weighted by Gasteiger charge is -2.36. The summed E-state index contributed by atoms with van der Waals surface area (Å²) in [5, 5.41) is 16.0. The van der Waals surface area contributed by atoms with E-state index in [9.17, 15) is 19.1 Å². The largest absolute Gasteiger partial charge is 0.494 e. The fraction of sp³-hybridized carbons (Fsp3) is 0.378. The standard InChI is InChI=1S/C37H46FN5O4Si/c1-5-7-17-41(18-8-6-2)37(46)33-19-25(3)43(39-33)34-15-13-28(40-48-30-14-16-35(47-4)32(38)22-30)21-31(34)36(45)42-23-27-12-10-9-11-26(27)20-29(42)24-44/h9-16,19,21-22,29,40,44H,5-8,17-18,20,23-24,48H2,1-4H3. The summed E-state index contributed by atoms with van der Waals surface area (Å²) < 4.78 is 21.1. The number of benzene rings is 3. The van der Waals surface area contributed by atoms with Crippen LogP contribution in [0.2, 0.25) is 0 Å². The van der Waals surface area contributed by atoms with Gasteiger partial charge in [0.1, 0.15) is 0 Å². The zero-order chi connectivity index (χ0) is 34.2. The number of rotatable bonds is 14. The Hall–Kier alpha value is -4.48. The van der Waals surface area contributed by atoms with Crippen molar-refractivity contribution >= 4 is 32.4 Å². The van der Waals surface area contributed by atoms with Gasteiger partial charge in [0, 0.05) is 31.0 Å². The predicted octanol–water partition coefficient (Wildman–Crippen LogP) is 4.75. The normalized spacial score (nSPS) is 14.3. The molecule has 0 aliphatic carbocycles. The molecule has 9 nitrogen and oxygen atoms in total. The highest BCUT2D eigenvalue weighted by Gasteiger charge is 2.32. The summed E-state index contributed by atoms with van der Waals surface area (Å²) in [5.41, 5.74) is 4.89. The molecule has 1 unspecified atom stereocenters. The number of nitrogens with one attached hydrogen (secondary N) is 1. The Labute approximate surface area is 284 Å². The van der Waals surface area contributed by atoms with Crippen molar-refractivity contribution in [2.45, 2.75) is 65.5 Å². The highest BCUT2D eigenvalue weighted by atomic mass is 28.2. The van der Waals surface area contributed by atoms with Gasteiger partial charge in [-0.1, -0.05) is 57.0 Å². The molecule has 2 heterocycles. The Morgan fingerprint density at radius 1 is 1.04 bits per heavy atom. The summed E-state index contributed by atoms with van der Waals surface area (Å²) in [6, 6.07) is 19.8. The van der Waals surface area contributed by atoms with Crippen LogP contribution in [0.5, 0.6) is 5.75 Å². The molecule has 2 amide bonds. The maximum atomic E-state index is 14.5. The van der Waals surface area contributed by atoms with E-state index >= 15 is 0 Å². The minimum Gasteiger partial charge on any atom is -0.494 e. The van der Waals surface area contributed by atoms with Crippen LogP contribution in [0.15, 0.2) is 66.7 Å². The molecule has 2 N–H and O–H groups in total. The molecular formula is C37H46FN5O4Si. The lowest BCUT2D eigenvalue weighted by Crippen LogP contribution is -2.46.